The summed E-state index contributed by atoms with van der Waals surface area (Å²) in [5.74, 6) is -0.0503. The molecule has 0 saturated carbocycles. The summed E-state index contributed by atoms with van der Waals surface area (Å²) in [6, 6.07) is 0. The van der Waals surface area contributed by atoms with Crippen LogP contribution in [0.25, 0.3) is 0 Å². The Bertz CT molecular complexity index is 483. The fourth-order valence-corrected chi connectivity index (χ4v) is 4.26. The summed E-state index contributed by atoms with van der Waals surface area (Å²) in [6.07, 6.45) is -0.0685. The zero-order valence-electron chi connectivity index (χ0n) is 13.5. The van der Waals surface area contributed by atoms with E-state index in [0.717, 1.165) is 0 Å². The molecule has 2 saturated heterocycles. The topological polar surface area (TPSA) is 105 Å². The van der Waals surface area contributed by atoms with Crippen molar-refractivity contribution >= 4 is 16.1 Å². The summed E-state index contributed by atoms with van der Waals surface area (Å²) in [7, 11) is -1.94. The van der Waals surface area contributed by atoms with Crippen molar-refractivity contribution in [1.82, 2.24) is 13.5 Å². The van der Waals surface area contributed by atoms with Crippen molar-refractivity contribution in [1.29, 1.82) is 0 Å². The first-order valence-electron chi connectivity index (χ1n) is 7.82. The minimum atomic E-state index is -3.46. The molecule has 2 rings (SSSR count). The van der Waals surface area contributed by atoms with Crippen molar-refractivity contribution in [3.63, 3.8) is 0 Å². The number of methoxy groups -OCH3 is 1. The third kappa shape index (κ3) is 4.61. The van der Waals surface area contributed by atoms with Crippen LogP contribution in [-0.4, -0.2) is 100 Å². The highest BCUT2D eigenvalue weighted by Gasteiger charge is 2.34. The summed E-state index contributed by atoms with van der Waals surface area (Å²) in [6.45, 7) is 3.31. The number of amides is 1. The molecule has 0 spiro atoms. The molecule has 0 aromatic carbocycles. The molecular weight excluding hydrogens is 324 g/mol. The molecule has 2 aliphatic rings. The second kappa shape index (κ2) is 8.36. The number of morpholine rings is 1. The Morgan fingerprint density at radius 3 is 2.22 bits per heavy atom. The fourth-order valence-electron chi connectivity index (χ4n) is 2.70. The highest BCUT2D eigenvalue weighted by atomic mass is 32.2. The van der Waals surface area contributed by atoms with Crippen LogP contribution in [0.15, 0.2) is 0 Å². The lowest BCUT2D eigenvalue weighted by Crippen LogP contribution is -2.56. The van der Waals surface area contributed by atoms with Gasteiger partial charge in [-0.15, -0.1) is 0 Å². The van der Waals surface area contributed by atoms with Crippen LogP contribution in [0, 0.1) is 0 Å². The average Bonchev–Trinajstić information content (AvgIpc) is 2.60. The SMILES string of the molecule is COC(CN)CC(=O)N1CCN(S(=O)(=O)N2CCOCC2)CC1. The molecule has 2 N–H and O–H groups in total. The minimum absolute atomic E-state index is 0.0503. The Kier molecular flexibility index (Phi) is 6.74. The molecule has 2 aliphatic heterocycles. The Morgan fingerprint density at radius 1 is 1.13 bits per heavy atom. The first-order valence-corrected chi connectivity index (χ1v) is 9.22. The summed E-state index contributed by atoms with van der Waals surface area (Å²) in [5.41, 5.74) is 5.52. The van der Waals surface area contributed by atoms with Gasteiger partial charge in [0.15, 0.2) is 0 Å². The van der Waals surface area contributed by atoms with Crippen molar-refractivity contribution < 1.29 is 22.7 Å². The number of hydrogen-bond donors (Lipinski definition) is 1. The molecule has 0 aromatic heterocycles. The van der Waals surface area contributed by atoms with Crippen LogP contribution in [0.4, 0.5) is 0 Å². The molecule has 0 aliphatic carbocycles. The zero-order valence-corrected chi connectivity index (χ0v) is 14.3. The van der Waals surface area contributed by atoms with Crippen LogP contribution in [0.2, 0.25) is 0 Å². The number of carbonyl (C=O) groups excluding carboxylic acids is 1. The van der Waals surface area contributed by atoms with Crippen LogP contribution >= 0.6 is 0 Å². The second-order valence-corrected chi connectivity index (χ2v) is 7.53. The number of nitrogens with two attached hydrogens (primary N) is 1. The second-order valence-electron chi connectivity index (χ2n) is 5.60. The number of piperazine rings is 1. The Morgan fingerprint density at radius 2 is 1.70 bits per heavy atom. The molecule has 1 amide bonds. The van der Waals surface area contributed by atoms with Gasteiger partial charge < -0.3 is 20.1 Å². The van der Waals surface area contributed by atoms with Crippen molar-refractivity contribution in [2.45, 2.75) is 12.5 Å². The molecule has 2 heterocycles. The van der Waals surface area contributed by atoms with Gasteiger partial charge in [0.05, 0.1) is 25.7 Å². The van der Waals surface area contributed by atoms with Gasteiger partial charge in [-0.25, -0.2) is 0 Å². The van der Waals surface area contributed by atoms with Gasteiger partial charge >= 0.3 is 0 Å². The lowest BCUT2D eigenvalue weighted by Gasteiger charge is -2.37. The van der Waals surface area contributed by atoms with E-state index in [1.807, 2.05) is 0 Å². The van der Waals surface area contributed by atoms with E-state index in [1.165, 1.54) is 15.7 Å². The molecule has 23 heavy (non-hydrogen) atoms. The average molecular weight is 350 g/mol. The quantitative estimate of drug-likeness (QED) is 0.598. The van der Waals surface area contributed by atoms with Crippen molar-refractivity contribution in [2.24, 2.45) is 5.73 Å². The smallest absolute Gasteiger partial charge is 0.282 e. The van der Waals surface area contributed by atoms with E-state index in [1.54, 1.807) is 4.90 Å². The first-order chi connectivity index (χ1) is 11.0. The van der Waals surface area contributed by atoms with E-state index in [-0.39, 0.29) is 25.0 Å². The molecule has 10 heteroatoms. The van der Waals surface area contributed by atoms with Crippen molar-refractivity contribution in [3.8, 4) is 0 Å². The maximum atomic E-state index is 12.5. The molecule has 1 unspecified atom stereocenters. The summed E-state index contributed by atoms with van der Waals surface area (Å²) in [4.78, 5) is 13.9. The zero-order chi connectivity index (χ0) is 16.9. The summed E-state index contributed by atoms with van der Waals surface area (Å²) >= 11 is 0. The lowest BCUT2D eigenvalue weighted by molar-refractivity contribution is -0.134. The normalized spacial score (nSPS) is 23.0. The van der Waals surface area contributed by atoms with Crippen LogP contribution in [0.1, 0.15) is 6.42 Å². The number of carbonyl (C=O) groups is 1. The Labute approximate surface area is 137 Å². The number of rotatable bonds is 6. The van der Waals surface area contributed by atoms with E-state index in [0.29, 0.717) is 52.5 Å². The fraction of sp³-hybridized carbons (Fsp3) is 0.923. The molecule has 1 atom stereocenters. The Balaban J connectivity index is 1.86. The van der Waals surface area contributed by atoms with Crippen LogP contribution in [0.3, 0.4) is 0 Å². The van der Waals surface area contributed by atoms with Crippen LogP contribution < -0.4 is 5.73 Å². The number of ether oxygens (including phenoxy) is 2. The predicted molar refractivity (Wildman–Crippen MR) is 83.9 cm³/mol. The van der Waals surface area contributed by atoms with Crippen LogP contribution in [0.5, 0.6) is 0 Å². The molecule has 0 radical (unpaired) electrons. The summed E-state index contributed by atoms with van der Waals surface area (Å²) < 4.78 is 38.3. The molecule has 0 bridgehead atoms. The molecule has 2 fully saturated rings. The van der Waals surface area contributed by atoms with Gasteiger partial charge in [-0.05, 0) is 0 Å². The van der Waals surface area contributed by atoms with Gasteiger partial charge in [-0.1, -0.05) is 0 Å². The van der Waals surface area contributed by atoms with Gasteiger partial charge in [-0.2, -0.15) is 17.0 Å². The highest BCUT2D eigenvalue weighted by Crippen LogP contribution is 2.15. The van der Waals surface area contributed by atoms with Gasteiger partial charge in [0, 0.05) is 52.9 Å². The maximum absolute atomic E-state index is 12.5. The van der Waals surface area contributed by atoms with Gasteiger partial charge in [0.25, 0.3) is 10.2 Å². The van der Waals surface area contributed by atoms with Gasteiger partial charge in [0.2, 0.25) is 5.91 Å². The van der Waals surface area contributed by atoms with Crippen molar-refractivity contribution in [3.05, 3.63) is 0 Å². The molecule has 9 nitrogen and oxygen atoms in total. The third-order valence-electron chi connectivity index (χ3n) is 4.21. The largest absolute Gasteiger partial charge is 0.380 e. The van der Waals surface area contributed by atoms with E-state index in [2.05, 4.69) is 0 Å². The van der Waals surface area contributed by atoms with E-state index >= 15 is 0 Å². The summed E-state index contributed by atoms with van der Waals surface area (Å²) in [5, 5.41) is 0. The van der Waals surface area contributed by atoms with Gasteiger partial charge in [-0.3, -0.25) is 4.79 Å². The predicted octanol–water partition coefficient (Wildman–Crippen LogP) is -1.93. The Hall–Kier alpha value is -0.780. The number of hydrogen-bond acceptors (Lipinski definition) is 6. The standard InChI is InChI=1S/C13H26N4O5S/c1-21-12(11-14)10-13(18)15-2-4-16(5-3-15)23(19,20)17-6-8-22-9-7-17/h12H,2-11,14H2,1H3. The molecule has 0 aromatic rings. The van der Waals surface area contributed by atoms with E-state index < -0.39 is 10.2 Å². The molecular formula is C13H26N4O5S. The monoisotopic (exact) mass is 350 g/mol. The third-order valence-corrected chi connectivity index (χ3v) is 6.25. The van der Waals surface area contributed by atoms with E-state index in [9.17, 15) is 13.2 Å². The highest BCUT2D eigenvalue weighted by molar-refractivity contribution is 7.86. The maximum Gasteiger partial charge on any atom is 0.282 e. The minimum Gasteiger partial charge on any atom is -0.380 e. The van der Waals surface area contributed by atoms with Crippen molar-refractivity contribution in [2.75, 3.05) is 66.1 Å². The van der Waals surface area contributed by atoms with Gasteiger partial charge in [0.1, 0.15) is 0 Å². The van der Waals surface area contributed by atoms with E-state index in [4.69, 9.17) is 15.2 Å². The number of nitrogens with zero attached hydrogens (tertiary/aromatic N) is 3. The lowest BCUT2D eigenvalue weighted by atomic mass is 10.2. The van der Waals surface area contributed by atoms with Crippen LogP contribution in [-0.2, 0) is 24.5 Å². The molecule has 134 valence electrons. The first kappa shape index (κ1) is 18.6.